The molecule has 20 heavy (non-hydrogen) atoms. The largest absolute Gasteiger partial charge is 0.321 e. The zero-order valence-electron chi connectivity index (χ0n) is 12.8. The van der Waals surface area contributed by atoms with E-state index in [2.05, 4.69) is 43.6 Å². The second kappa shape index (κ2) is 7.23. The molecular weight excluding hydrogens is 268 g/mol. The summed E-state index contributed by atoms with van der Waals surface area (Å²) in [6.07, 6.45) is 4.50. The molecule has 0 saturated carbocycles. The predicted octanol–water partition coefficient (Wildman–Crippen LogP) is 3.78. The molecule has 1 saturated heterocycles. The van der Waals surface area contributed by atoms with Gasteiger partial charge in [0.05, 0.1) is 6.04 Å². The first-order valence-electron chi connectivity index (χ1n) is 7.73. The van der Waals surface area contributed by atoms with Crippen molar-refractivity contribution >= 4 is 17.2 Å². The molecule has 1 aliphatic heterocycles. The van der Waals surface area contributed by atoms with Crippen LogP contribution in [0.4, 0.5) is 0 Å². The van der Waals surface area contributed by atoms with Gasteiger partial charge in [-0.15, -0.1) is 11.3 Å². The molecule has 0 spiro atoms. The molecule has 4 heteroatoms. The first-order valence-corrected chi connectivity index (χ1v) is 8.61. The van der Waals surface area contributed by atoms with Crippen molar-refractivity contribution in [3.63, 3.8) is 0 Å². The molecule has 1 aromatic heterocycles. The van der Waals surface area contributed by atoms with Crippen molar-refractivity contribution in [1.82, 2.24) is 10.2 Å². The number of nitrogens with one attached hydrogen (secondary N) is 1. The Kier molecular flexibility index (Phi) is 5.61. The second-order valence-corrected chi connectivity index (χ2v) is 6.95. The predicted molar refractivity (Wildman–Crippen MR) is 84.7 cm³/mol. The molecular formula is C16H26N2OS. The van der Waals surface area contributed by atoms with Crippen molar-refractivity contribution in [2.75, 3.05) is 6.54 Å². The van der Waals surface area contributed by atoms with Gasteiger partial charge in [-0.25, -0.2) is 0 Å². The van der Waals surface area contributed by atoms with Gasteiger partial charge in [-0.2, -0.15) is 0 Å². The smallest absolute Gasteiger partial charge is 0.241 e. The molecule has 0 aliphatic carbocycles. The lowest BCUT2D eigenvalue weighted by Gasteiger charge is -2.23. The Hall–Kier alpha value is -0.870. The summed E-state index contributed by atoms with van der Waals surface area (Å²) in [5.41, 5.74) is 0. The van der Waals surface area contributed by atoms with Gasteiger partial charge < -0.3 is 4.90 Å². The lowest BCUT2D eigenvalue weighted by molar-refractivity contribution is -0.130. The highest BCUT2D eigenvalue weighted by atomic mass is 32.1. The van der Waals surface area contributed by atoms with E-state index in [4.69, 9.17) is 0 Å². The zero-order chi connectivity index (χ0) is 14.5. The van der Waals surface area contributed by atoms with Crippen molar-refractivity contribution < 1.29 is 4.79 Å². The summed E-state index contributed by atoms with van der Waals surface area (Å²) >= 11 is 1.73. The van der Waals surface area contributed by atoms with Gasteiger partial charge in [-0.3, -0.25) is 10.1 Å². The minimum absolute atomic E-state index is 0.00722. The molecule has 1 aliphatic rings. The van der Waals surface area contributed by atoms with E-state index in [1.54, 1.807) is 11.3 Å². The van der Waals surface area contributed by atoms with Crippen LogP contribution in [0, 0.1) is 5.92 Å². The molecule has 2 heterocycles. The number of amides is 1. The topological polar surface area (TPSA) is 32.3 Å². The number of carbonyl (C=O) groups is 1. The number of hydrogen-bond acceptors (Lipinski definition) is 3. The average molecular weight is 294 g/mol. The van der Waals surface area contributed by atoms with Crippen LogP contribution in [-0.2, 0) is 4.79 Å². The van der Waals surface area contributed by atoms with Crippen LogP contribution in [0.5, 0.6) is 0 Å². The van der Waals surface area contributed by atoms with E-state index < -0.39 is 0 Å². The van der Waals surface area contributed by atoms with Crippen molar-refractivity contribution in [1.29, 1.82) is 0 Å². The van der Waals surface area contributed by atoms with Crippen LogP contribution in [0.3, 0.4) is 0 Å². The van der Waals surface area contributed by atoms with E-state index in [1.165, 1.54) is 17.7 Å². The quantitative estimate of drug-likeness (QED) is 0.776. The Labute approximate surface area is 126 Å². The number of thiophene rings is 1. The molecule has 0 aromatic carbocycles. The van der Waals surface area contributed by atoms with Gasteiger partial charge in [0.1, 0.15) is 6.17 Å². The molecule has 3 nitrogen and oxygen atoms in total. The third kappa shape index (κ3) is 3.61. The van der Waals surface area contributed by atoms with Gasteiger partial charge >= 0.3 is 0 Å². The highest BCUT2D eigenvalue weighted by molar-refractivity contribution is 7.10. The third-order valence-electron chi connectivity index (χ3n) is 3.90. The molecule has 1 aromatic rings. The number of carbonyl (C=O) groups excluding carboxylic acids is 1. The van der Waals surface area contributed by atoms with Gasteiger partial charge in [-0.05, 0) is 30.2 Å². The van der Waals surface area contributed by atoms with Crippen LogP contribution in [0.15, 0.2) is 17.5 Å². The molecule has 0 radical (unpaired) electrons. The first-order chi connectivity index (χ1) is 9.63. The molecule has 2 unspecified atom stereocenters. The van der Waals surface area contributed by atoms with Crippen molar-refractivity contribution in [2.45, 2.75) is 58.7 Å². The highest BCUT2D eigenvalue weighted by Gasteiger charge is 2.38. The van der Waals surface area contributed by atoms with Crippen LogP contribution in [0.1, 0.15) is 57.5 Å². The standard InChI is InChI=1S/C16H26N2OS/c1-4-13-16(19)18(10-6-5-8-12(2)3)15(17-13)14-9-7-11-20-14/h7,9,11-13,15,17H,4-6,8,10H2,1-3H3. The first kappa shape index (κ1) is 15.5. The van der Waals surface area contributed by atoms with E-state index >= 15 is 0 Å². The van der Waals surface area contributed by atoms with E-state index in [-0.39, 0.29) is 18.1 Å². The lowest BCUT2D eigenvalue weighted by atomic mass is 10.1. The van der Waals surface area contributed by atoms with Crippen molar-refractivity contribution in [3.8, 4) is 0 Å². The molecule has 1 fully saturated rings. The molecule has 2 rings (SSSR count). The van der Waals surface area contributed by atoms with E-state index in [9.17, 15) is 4.79 Å². The Morgan fingerprint density at radius 2 is 2.20 bits per heavy atom. The average Bonchev–Trinajstić information content (AvgIpc) is 3.03. The SMILES string of the molecule is CCC1NC(c2cccs2)N(CCCCC(C)C)C1=O. The molecule has 0 bridgehead atoms. The molecule has 1 amide bonds. The Morgan fingerprint density at radius 1 is 1.40 bits per heavy atom. The third-order valence-corrected chi connectivity index (χ3v) is 4.83. The summed E-state index contributed by atoms with van der Waals surface area (Å²) in [6, 6.07) is 4.17. The fraction of sp³-hybridized carbons (Fsp3) is 0.688. The summed E-state index contributed by atoms with van der Waals surface area (Å²) < 4.78 is 0. The number of nitrogens with zero attached hydrogens (tertiary/aromatic N) is 1. The van der Waals surface area contributed by atoms with Crippen LogP contribution >= 0.6 is 11.3 Å². The lowest BCUT2D eigenvalue weighted by Crippen LogP contribution is -2.31. The maximum atomic E-state index is 12.4. The van der Waals surface area contributed by atoms with Crippen LogP contribution in [-0.4, -0.2) is 23.4 Å². The summed E-state index contributed by atoms with van der Waals surface area (Å²) in [5.74, 6) is 1.02. The maximum Gasteiger partial charge on any atom is 0.241 e. The van der Waals surface area contributed by atoms with E-state index in [0.29, 0.717) is 0 Å². The van der Waals surface area contributed by atoms with Crippen molar-refractivity contribution in [3.05, 3.63) is 22.4 Å². The summed E-state index contributed by atoms with van der Waals surface area (Å²) in [4.78, 5) is 15.7. The second-order valence-electron chi connectivity index (χ2n) is 5.97. The van der Waals surface area contributed by atoms with Gasteiger partial charge in [0, 0.05) is 11.4 Å². The minimum atomic E-state index is -0.00722. The Bertz CT molecular complexity index is 416. The normalized spacial score (nSPS) is 23.0. The van der Waals surface area contributed by atoms with Gasteiger partial charge in [0.25, 0.3) is 0 Å². The van der Waals surface area contributed by atoms with E-state index in [0.717, 1.165) is 25.3 Å². The number of rotatable bonds is 7. The zero-order valence-corrected chi connectivity index (χ0v) is 13.6. The van der Waals surface area contributed by atoms with Crippen LogP contribution < -0.4 is 5.32 Å². The maximum absolute atomic E-state index is 12.4. The molecule has 112 valence electrons. The van der Waals surface area contributed by atoms with Crippen LogP contribution in [0.2, 0.25) is 0 Å². The van der Waals surface area contributed by atoms with Crippen molar-refractivity contribution in [2.24, 2.45) is 5.92 Å². The Balaban J connectivity index is 1.97. The van der Waals surface area contributed by atoms with Gasteiger partial charge in [0.2, 0.25) is 5.91 Å². The molecule has 2 atom stereocenters. The summed E-state index contributed by atoms with van der Waals surface area (Å²) in [7, 11) is 0. The fourth-order valence-corrected chi connectivity index (χ4v) is 3.52. The van der Waals surface area contributed by atoms with Gasteiger partial charge in [0.15, 0.2) is 0 Å². The number of unbranched alkanes of at least 4 members (excludes halogenated alkanes) is 1. The molecule has 1 N–H and O–H groups in total. The number of hydrogen-bond donors (Lipinski definition) is 1. The summed E-state index contributed by atoms with van der Waals surface area (Å²) in [5, 5.41) is 5.56. The Morgan fingerprint density at radius 3 is 2.80 bits per heavy atom. The summed E-state index contributed by atoms with van der Waals surface area (Å²) in [6.45, 7) is 7.45. The minimum Gasteiger partial charge on any atom is -0.321 e. The highest BCUT2D eigenvalue weighted by Crippen LogP contribution is 2.29. The van der Waals surface area contributed by atoms with Gasteiger partial charge in [-0.1, -0.05) is 39.7 Å². The monoisotopic (exact) mass is 294 g/mol. The van der Waals surface area contributed by atoms with Crippen LogP contribution in [0.25, 0.3) is 0 Å². The fourth-order valence-electron chi connectivity index (χ4n) is 2.73. The van der Waals surface area contributed by atoms with E-state index in [1.807, 2.05) is 4.90 Å².